The Hall–Kier alpha value is -1.01. The molecular weight excluding hydrogens is 234 g/mol. The van der Waals surface area contributed by atoms with Crippen molar-refractivity contribution < 1.29 is 0 Å². The summed E-state index contributed by atoms with van der Waals surface area (Å²) in [7, 11) is 0. The van der Waals surface area contributed by atoms with E-state index >= 15 is 0 Å². The molecule has 2 aromatic heterocycles. The number of hydrogen-bond donors (Lipinski definition) is 1. The summed E-state index contributed by atoms with van der Waals surface area (Å²) in [6.45, 7) is 5.31. The van der Waals surface area contributed by atoms with Crippen LogP contribution < -0.4 is 5.32 Å². The van der Waals surface area contributed by atoms with Crippen molar-refractivity contribution in [1.29, 1.82) is 0 Å². The molecule has 92 valence electrons. The van der Waals surface area contributed by atoms with E-state index in [9.17, 15) is 0 Å². The normalized spacial score (nSPS) is 17.8. The molecule has 0 saturated heterocycles. The summed E-state index contributed by atoms with van der Waals surface area (Å²) in [6, 6.07) is 0.466. The molecule has 1 aliphatic carbocycles. The first-order valence-electron chi connectivity index (χ1n) is 6.22. The SMILES string of the molecule is CCNC(C)Cc1nn2c(C3CC3)nnc2s1. The molecule has 2 aromatic rings. The molecule has 0 aromatic carbocycles. The summed E-state index contributed by atoms with van der Waals surface area (Å²) in [5.74, 6) is 1.66. The Kier molecular flexibility index (Phi) is 2.84. The lowest BCUT2D eigenvalue weighted by molar-refractivity contribution is 0.560. The van der Waals surface area contributed by atoms with Crippen LogP contribution in [0.5, 0.6) is 0 Å². The van der Waals surface area contributed by atoms with Crippen LogP contribution in [-0.2, 0) is 6.42 Å². The van der Waals surface area contributed by atoms with Gasteiger partial charge in [-0.2, -0.15) is 9.61 Å². The van der Waals surface area contributed by atoms with Crippen LogP contribution in [0.1, 0.15) is 43.4 Å². The first-order valence-corrected chi connectivity index (χ1v) is 7.04. The van der Waals surface area contributed by atoms with Crippen LogP contribution in [0.2, 0.25) is 0 Å². The molecule has 5 nitrogen and oxygen atoms in total. The molecule has 1 atom stereocenters. The van der Waals surface area contributed by atoms with E-state index in [2.05, 4.69) is 34.5 Å². The van der Waals surface area contributed by atoms with E-state index in [0.29, 0.717) is 12.0 Å². The van der Waals surface area contributed by atoms with Gasteiger partial charge in [0.1, 0.15) is 5.01 Å². The Bertz CT molecular complexity index is 513. The van der Waals surface area contributed by atoms with Crippen LogP contribution in [0.15, 0.2) is 0 Å². The van der Waals surface area contributed by atoms with Gasteiger partial charge in [-0.3, -0.25) is 0 Å². The summed E-state index contributed by atoms with van der Waals surface area (Å²) in [5, 5.41) is 17.6. The summed E-state index contributed by atoms with van der Waals surface area (Å²) < 4.78 is 1.94. The zero-order valence-electron chi connectivity index (χ0n) is 10.2. The summed E-state index contributed by atoms with van der Waals surface area (Å²) >= 11 is 1.66. The van der Waals surface area contributed by atoms with E-state index < -0.39 is 0 Å². The lowest BCUT2D eigenvalue weighted by atomic mass is 10.2. The van der Waals surface area contributed by atoms with Gasteiger partial charge in [-0.05, 0) is 26.3 Å². The van der Waals surface area contributed by atoms with Gasteiger partial charge in [-0.1, -0.05) is 18.3 Å². The number of rotatable bonds is 5. The third kappa shape index (κ3) is 2.19. The van der Waals surface area contributed by atoms with Crippen molar-refractivity contribution in [2.24, 2.45) is 0 Å². The van der Waals surface area contributed by atoms with Gasteiger partial charge in [0.05, 0.1) is 0 Å². The van der Waals surface area contributed by atoms with Gasteiger partial charge in [0.25, 0.3) is 0 Å². The average Bonchev–Trinajstić information content (AvgIpc) is 2.92. The summed E-state index contributed by atoms with van der Waals surface area (Å²) in [6.07, 6.45) is 3.44. The largest absolute Gasteiger partial charge is 0.314 e. The number of nitrogens with zero attached hydrogens (tertiary/aromatic N) is 4. The van der Waals surface area contributed by atoms with E-state index in [-0.39, 0.29) is 0 Å². The number of likely N-dealkylation sites (N-methyl/N-ethyl adjacent to an activating group) is 1. The molecule has 1 aliphatic rings. The second-order valence-corrected chi connectivity index (χ2v) is 5.73. The Balaban J connectivity index is 1.81. The minimum atomic E-state index is 0.466. The second-order valence-electron chi connectivity index (χ2n) is 4.69. The Morgan fingerprint density at radius 3 is 3.00 bits per heavy atom. The molecular formula is C11H17N5S. The van der Waals surface area contributed by atoms with Crippen molar-refractivity contribution in [3.05, 3.63) is 10.8 Å². The minimum Gasteiger partial charge on any atom is -0.314 e. The first kappa shape index (κ1) is 11.1. The average molecular weight is 251 g/mol. The molecule has 3 rings (SSSR count). The highest BCUT2D eigenvalue weighted by atomic mass is 32.1. The quantitative estimate of drug-likeness (QED) is 0.877. The van der Waals surface area contributed by atoms with E-state index in [4.69, 9.17) is 0 Å². The van der Waals surface area contributed by atoms with Gasteiger partial charge in [0.15, 0.2) is 5.82 Å². The number of nitrogens with one attached hydrogen (secondary N) is 1. The molecule has 1 fully saturated rings. The number of hydrogen-bond acceptors (Lipinski definition) is 5. The third-order valence-corrected chi connectivity index (χ3v) is 3.95. The fourth-order valence-corrected chi connectivity index (χ4v) is 3.00. The highest BCUT2D eigenvalue weighted by Crippen LogP contribution is 2.39. The molecule has 6 heteroatoms. The summed E-state index contributed by atoms with van der Waals surface area (Å²) in [5.41, 5.74) is 0. The van der Waals surface area contributed by atoms with E-state index in [1.54, 1.807) is 11.3 Å². The Labute approximate surface area is 104 Å². The maximum Gasteiger partial charge on any atom is 0.234 e. The van der Waals surface area contributed by atoms with Crippen LogP contribution in [0.4, 0.5) is 0 Å². The third-order valence-electron chi connectivity index (χ3n) is 3.03. The molecule has 17 heavy (non-hydrogen) atoms. The fraction of sp³-hybridized carbons (Fsp3) is 0.727. The van der Waals surface area contributed by atoms with Gasteiger partial charge in [-0.15, -0.1) is 10.2 Å². The second kappa shape index (κ2) is 4.34. The summed E-state index contributed by atoms with van der Waals surface area (Å²) in [4.78, 5) is 0.936. The molecule has 1 saturated carbocycles. The number of fused-ring (bicyclic) bond motifs is 1. The van der Waals surface area contributed by atoms with E-state index in [1.807, 2.05) is 4.52 Å². The lowest BCUT2D eigenvalue weighted by Crippen LogP contribution is -2.27. The monoisotopic (exact) mass is 251 g/mol. The van der Waals surface area contributed by atoms with Gasteiger partial charge in [-0.25, -0.2) is 0 Å². The van der Waals surface area contributed by atoms with Crippen LogP contribution in [0.3, 0.4) is 0 Å². The minimum absolute atomic E-state index is 0.466. The maximum absolute atomic E-state index is 4.63. The van der Waals surface area contributed by atoms with Gasteiger partial charge < -0.3 is 5.32 Å². The maximum atomic E-state index is 4.63. The number of aromatic nitrogens is 4. The van der Waals surface area contributed by atoms with E-state index in [1.165, 1.54) is 12.8 Å². The Morgan fingerprint density at radius 1 is 1.47 bits per heavy atom. The first-order chi connectivity index (χ1) is 8.28. The smallest absolute Gasteiger partial charge is 0.234 e. The van der Waals surface area contributed by atoms with Crippen molar-refractivity contribution in [3.63, 3.8) is 0 Å². The zero-order valence-corrected chi connectivity index (χ0v) is 11.0. The van der Waals surface area contributed by atoms with Gasteiger partial charge in [0.2, 0.25) is 4.96 Å². The van der Waals surface area contributed by atoms with Crippen molar-refractivity contribution in [2.45, 2.75) is 45.1 Å². The predicted molar refractivity (Wildman–Crippen MR) is 67.5 cm³/mol. The highest BCUT2D eigenvalue weighted by Gasteiger charge is 2.30. The molecule has 0 amide bonds. The molecule has 0 spiro atoms. The van der Waals surface area contributed by atoms with Crippen molar-refractivity contribution >= 4 is 16.3 Å². The molecule has 1 N–H and O–H groups in total. The van der Waals surface area contributed by atoms with Crippen LogP contribution in [0.25, 0.3) is 4.96 Å². The molecule has 2 heterocycles. The van der Waals surface area contributed by atoms with Gasteiger partial charge in [0, 0.05) is 18.4 Å². The lowest BCUT2D eigenvalue weighted by Gasteiger charge is -2.08. The van der Waals surface area contributed by atoms with Crippen molar-refractivity contribution in [1.82, 2.24) is 25.1 Å². The zero-order chi connectivity index (χ0) is 11.8. The van der Waals surface area contributed by atoms with Crippen LogP contribution in [0, 0.1) is 0 Å². The van der Waals surface area contributed by atoms with E-state index in [0.717, 1.165) is 28.8 Å². The topological polar surface area (TPSA) is 55.1 Å². The predicted octanol–water partition coefficient (Wildman–Crippen LogP) is 1.60. The van der Waals surface area contributed by atoms with Gasteiger partial charge >= 0.3 is 0 Å². The van der Waals surface area contributed by atoms with Crippen molar-refractivity contribution in [2.75, 3.05) is 6.54 Å². The van der Waals surface area contributed by atoms with Crippen molar-refractivity contribution in [3.8, 4) is 0 Å². The molecule has 1 unspecified atom stereocenters. The fourth-order valence-electron chi connectivity index (χ4n) is 2.03. The molecule has 0 bridgehead atoms. The van der Waals surface area contributed by atoms with Crippen LogP contribution >= 0.6 is 11.3 Å². The molecule has 0 radical (unpaired) electrons. The Morgan fingerprint density at radius 2 is 2.29 bits per heavy atom. The standard InChI is InChI=1S/C11H17N5S/c1-3-12-7(2)6-9-15-16-10(8-4-5-8)13-14-11(16)17-9/h7-8,12H,3-6H2,1-2H3. The highest BCUT2D eigenvalue weighted by molar-refractivity contribution is 7.16. The molecule has 0 aliphatic heterocycles. The van der Waals surface area contributed by atoms with Crippen LogP contribution in [-0.4, -0.2) is 32.4 Å².